The first kappa shape index (κ1) is 16.7. The summed E-state index contributed by atoms with van der Waals surface area (Å²) in [4.78, 5) is 14.4. The molecule has 2 N–H and O–H groups in total. The standard InChI is InChI=1S/C18H26N2O2/c1-14(2)11-19-13-18(22)8-5-9-20(17(18)21)12-16-7-4-6-15(3)10-16/h4,6-7,10,19,22H,1,5,8-9,11-13H2,2-3H3. The highest BCUT2D eigenvalue weighted by Gasteiger charge is 2.41. The predicted molar refractivity (Wildman–Crippen MR) is 88.5 cm³/mol. The van der Waals surface area contributed by atoms with Gasteiger partial charge in [-0.25, -0.2) is 0 Å². The third-order valence-electron chi connectivity index (χ3n) is 4.00. The summed E-state index contributed by atoms with van der Waals surface area (Å²) in [7, 11) is 0. The van der Waals surface area contributed by atoms with Crippen LogP contribution in [-0.2, 0) is 11.3 Å². The van der Waals surface area contributed by atoms with E-state index in [2.05, 4.69) is 18.0 Å². The van der Waals surface area contributed by atoms with Crippen LogP contribution in [0.15, 0.2) is 36.4 Å². The van der Waals surface area contributed by atoms with Gasteiger partial charge in [0, 0.05) is 26.2 Å². The summed E-state index contributed by atoms with van der Waals surface area (Å²) in [5.41, 5.74) is 1.98. The molecule has 1 unspecified atom stereocenters. The zero-order valence-corrected chi connectivity index (χ0v) is 13.6. The molecule has 1 aliphatic rings. The van der Waals surface area contributed by atoms with E-state index < -0.39 is 5.60 Å². The molecule has 1 saturated heterocycles. The predicted octanol–water partition coefficient (Wildman–Crippen LogP) is 2.01. The molecule has 0 aromatic heterocycles. The summed E-state index contributed by atoms with van der Waals surface area (Å²) in [6, 6.07) is 8.15. The molecule has 0 aliphatic carbocycles. The molecule has 4 heteroatoms. The monoisotopic (exact) mass is 302 g/mol. The van der Waals surface area contributed by atoms with Crippen LogP contribution in [0.2, 0.25) is 0 Å². The van der Waals surface area contributed by atoms with E-state index in [1.807, 2.05) is 32.0 Å². The molecule has 4 nitrogen and oxygen atoms in total. The number of aryl methyl sites for hydroxylation is 1. The summed E-state index contributed by atoms with van der Waals surface area (Å²) in [5.74, 6) is -0.172. The van der Waals surface area contributed by atoms with E-state index in [4.69, 9.17) is 0 Å². The van der Waals surface area contributed by atoms with E-state index in [1.165, 1.54) is 5.56 Å². The summed E-state index contributed by atoms with van der Waals surface area (Å²) >= 11 is 0. The van der Waals surface area contributed by atoms with Crippen LogP contribution in [0.1, 0.15) is 30.9 Å². The number of nitrogens with zero attached hydrogens (tertiary/aromatic N) is 1. The summed E-state index contributed by atoms with van der Waals surface area (Å²) in [6.45, 7) is 9.94. The molecule has 0 bridgehead atoms. The molecule has 2 rings (SSSR count). The van der Waals surface area contributed by atoms with Gasteiger partial charge in [0.25, 0.3) is 5.91 Å². The lowest BCUT2D eigenvalue weighted by molar-refractivity contribution is -0.157. The molecule has 1 heterocycles. The number of benzene rings is 1. The fourth-order valence-electron chi connectivity index (χ4n) is 2.89. The Morgan fingerprint density at radius 3 is 2.95 bits per heavy atom. The smallest absolute Gasteiger partial charge is 0.256 e. The summed E-state index contributed by atoms with van der Waals surface area (Å²) < 4.78 is 0. The van der Waals surface area contributed by atoms with Crippen LogP contribution in [-0.4, -0.2) is 41.1 Å². The van der Waals surface area contributed by atoms with Gasteiger partial charge in [-0.15, -0.1) is 0 Å². The quantitative estimate of drug-likeness (QED) is 0.791. The van der Waals surface area contributed by atoms with Crippen LogP contribution in [0.25, 0.3) is 0 Å². The SMILES string of the molecule is C=C(C)CNCC1(O)CCCN(Cc2cccc(C)c2)C1=O. The molecule has 0 spiro atoms. The molecule has 0 saturated carbocycles. The molecule has 1 fully saturated rings. The van der Waals surface area contributed by atoms with Gasteiger partial charge in [0.05, 0.1) is 0 Å². The Morgan fingerprint density at radius 1 is 1.50 bits per heavy atom. The third-order valence-corrected chi connectivity index (χ3v) is 4.00. The first-order valence-corrected chi connectivity index (χ1v) is 7.83. The van der Waals surface area contributed by atoms with Crippen molar-refractivity contribution in [1.82, 2.24) is 10.2 Å². The third kappa shape index (κ3) is 4.18. The lowest BCUT2D eigenvalue weighted by atomic mass is 9.91. The molecule has 1 amide bonds. The number of carbonyl (C=O) groups is 1. The Bertz CT molecular complexity index is 556. The molecule has 22 heavy (non-hydrogen) atoms. The fourth-order valence-corrected chi connectivity index (χ4v) is 2.89. The second-order valence-electron chi connectivity index (χ2n) is 6.41. The van der Waals surface area contributed by atoms with E-state index in [-0.39, 0.29) is 12.5 Å². The highest BCUT2D eigenvalue weighted by Crippen LogP contribution is 2.24. The lowest BCUT2D eigenvalue weighted by Crippen LogP contribution is -2.57. The fraction of sp³-hybridized carbons (Fsp3) is 0.500. The van der Waals surface area contributed by atoms with Gasteiger partial charge in [0.2, 0.25) is 0 Å². The van der Waals surface area contributed by atoms with E-state index >= 15 is 0 Å². The van der Waals surface area contributed by atoms with Crippen LogP contribution >= 0.6 is 0 Å². The number of hydrogen-bond donors (Lipinski definition) is 2. The maximum Gasteiger partial charge on any atom is 0.256 e. The highest BCUT2D eigenvalue weighted by molar-refractivity contribution is 5.86. The van der Waals surface area contributed by atoms with Crippen molar-refractivity contribution < 1.29 is 9.90 Å². The van der Waals surface area contributed by atoms with Crippen molar-refractivity contribution in [3.05, 3.63) is 47.5 Å². The molecule has 120 valence electrons. The number of amides is 1. The number of rotatable bonds is 6. The Hall–Kier alpha value is -1.65. The van der Waals surface area contributed by atoms with E-state index in [0.717, 1.165) is 17.6 Å². The minimum absolute atomic E-state index is 0.172. The lowest BCUT2D eigenvalue weighted by Gasteiger charge is -2.38. The molecule has 1 atom stereocenters. The number of aliphatic hydroxyl groups is 1. The second kappa shape index (κ2) is 7.07. The van der Waals surface area contributed by atoms with Crippen LogP contribution in [0.3, 0.4) is 0 Å². The van der Waals surface area contributed by atoms with E-state index in [0.29, 0.717) is 26.1 Å². The number of piperidine rings is 1. The van der Waals surface area contributed by atoms with Crippen molar-refractivity contribution in [1.29, 1.82) is 0 Å². The highest BCUT2D eigenvalue weighted by atomic mass is 16.3. The van der Waals surface area contributed by atoms with E-state index in [1.54, 1.807) is 4.90 Å². The normalized spacial score (nSPS) is 22.0. The van der Waals surface area contributed by atoms with Crippen LogP contribution in [0, 0.1) is 6.92 Å². The molecule has 1 aromatic carbocycles. The van der Waals surface area contributed by atoms with Gasteiger partial charge >= 0.3 is 0 Å². The Morgan fingerprint density at radius 2 is 2.27 bits per heavy atom. The van der Waals surface area contributed by atoms with Gasteiger partial charge < -0.3 is 15.3 Å². The average Bonchev–Trinajstić information content (AvgIpc) is 2.44. The van der Waals surface area contributed by atoms with Gasteiger partial charge in [0.1, 0.15) is 0 Å². The molecule has 1 aliphatic heterocycles. The van der Waals surface area contributed by atoms with Crippen LogP contribution < -0.4 is 5.32 Å². The zero-order valence-electron chi connectivity index (χ0n) is 13.6. The Kier molecular flexibility index (Phi) is 5.37. The van der Waals surface area contributed by atoms with Crippen LogP contribution in [0.5, 0.6) is 0 Å². The Labute approximate surface area is 132 Å². The number of nitrogens with one attached hydrogen (secondary N) is 1. The van der Waals surface area contributed by atoms with Crippen molar-refractivity contribution in [3.63, 3.8) is 0 Å². The molecular weight excluding hydrogens is 276 g/mol. The number of hydrogen-bond acceptors (Lipinski definition) is 3. The van der Waals surface area contributed by atoms with Gasteiger partial charge in [-0.3, -0.25) is 4.79 Å². The number of likely N-dealkylation sites (tertiary alicyclic amines) is 1. The Balaban J connectivity index is 2.01. The summed E-state index contributed by atoms with van der Waals surface area (Å²) in [5, 5.41) is 13.8. The molecular formula is C18H26N2O2. The second-order valence-corrected chi connectivity index (χ2v) is 6.41. The largest absolute Gasteiger partial charge is 0.379 e. The minimum atomic E-state index is -1.29. The zero-order chi connectivity index (χ0) is 16.2. The van der Waals surface area contributed by atoms with Crippen molar-refractivity contribution in [3.8, 4) is 0 Å². The number of carbonyl (C=O) groups excluding carboxylic acids is 1. The van der Waals surface area contributed by atoms with Crippen LogP contribution in [0.4, 0.5) is 0 Å². The molecule has 0 radical (unpaired) electrons. The average molecular weight is 302 g/mol. The van der Waals surface area contributed by atoms with Crippen molar-refractivity contribution in [2.24, 2.45) is 0 Å². The summed E-state index contributed by atoms with van der Waals surface area (Å²) in [6.07, 6.45) is 1.34. The van der Waals surface area contributed by atoms with Crippen molar-refractivity contribution in [2.75, 3.05) is 19.6 Å². The van der Waals surface area contributed by atoms with Gasteiger partial charge in [-0.05, 0) is 32.3 Å². The van der Waals surface area contributed by atoms with Crippen molar-refractivity contribution in [2.45, 2.75) is 38.8 Å². The minimum Gasteiger partial charge on any atom is -0.379 e. The maximum absolute atomic E-state index is 12.6. The first-order chi connectivity index (χ1) is 10.4. The van der Waals surface area contributed by atoms with Gasteiger partial charge in [-0.1, -0.05) is 42.0 Å². The van der Waals surface area contributed by atoms with E-state index in [9.17, 15) is 9.90 Å². The maximum atomic E-state index is 12.6. The van der Waals surface area contributed by atoms with Gasteiger partial charge in [-0.2, -0.15) is 0 Å². The van der Waals surface area contributed by atoms with Gasteiger partial charge in [0.15, 0.2) is 5.60 Å². The topological polar surface area (TPSA) is 52.6 Å². The van der Waals surface area contributed by atoms with Crippen molar-refractivity contribution >= 4 is 5.91 Å². The molecule has 1 aromatic rings. The first-order valence-electron chi connectivity index (χ1n) is 7.83.